The zero-order valence-corrected chi connectivity index (χ0v) is 11.9. The van der Waals surface area contributed by atoms with Crippen LogP contribution in [0.1, 0.15) is 23.7 Å². The maximum Gasteiger partial charge on any atom is 0.248 e. The maximum absolute atomic E-state index is 12.4. The van der Waals surface area contributed by atoms with Gasteiger partial charge in [0.2, 0.25) is 15.9 Å². The molecule has 1 rings (SSSR count). The molecule has 1 aromatic carbocycles. The highest BCUT2D eigenvalue weighted by atomic mass is 32.2. The van der Waals surface area contributed by atoms with Crippen LogP contribution in [0.15, 0.2) is 23.1 Å². The van der Waals surface area contributed by atoms with Crippen LogP contribution in [0.4, 0.5) is 5.69 Å². The van der Waals surface area contributed by atoms with Crippen molar-refractivity contribution in [2.75, 3.05) is 18.8 Å². The van der Waals surface area contributed by atoms with Crippen LogP contribution in [-0.4, -0.2) is 31.7 Å². The first-order valence-corrected chi connectivity index (χ1v) is 7.35. The largest absolute Gasteiger partial charge is 0.398 e. The van der Waals surface area contributed by atoms with Crippen molar-refractivity contribution < 1.29 is 13.2 Å². The normalized spacial score (nSPS) is 11.2. The molecule has 0 aliphatic rings. The lowest BCUT2D eigenvalue weighted by atomic mass is 10.2. The summed E-state index contributed by atoms with van der Waals surface area (Å²) in [6.07, 6.45) is 0.0896. The summed E-state index contributed by atoms with van der Waals surface area (Å²) < 4.78 is 25.9. The second-order valence-electron chi connectivity index (χ2n) is 4.02. The van der Waals surface area contributed by atoms with Gasteiger partial charge in [0, 0.05) is 25.1 Å². The smallest absolute Gasteiger partial charge is 0.248 e. The number of carbonyl (C=O) groups excluding carboxylic acids is 1. The molecule has 0 saturated heterocycles. The molecule has 7 nitrogen and oxygen atoms in total. The third-order valence-electron chi connectivity index (χ3n) is 2.74. The van der Waals surface area contributed by atoms with Gasteiger partial charge < -0.3 is 11.5 Å². The van der Waals surface area contributed by atoms with Crippen LogP contribution in [0.2, 0.25) is 0 Å². The van der Waals surface area contributed by atoms with Gasteiger partial charge in [-0.05, 0) is 18.2 Å². The molecule has 20 heavy (non-hydrogen) atoms. The number of hydrogen-bond donors (Lipinski definition) is 2. The highest BCUT2D eigenvalue weighted by Crippen LogP contribution is 2.23. The van der Waals surface area contributed by atoms with Gasteiger partial charge in [0.05, 0.1) is 11.8 Å². The number of nitrogens with two attached hydrogens (primary N) is 2. The first kappa shape index (κ1) is 15.9. The van der Waals surface area contributed by atoms with E-state index in [0.717, 1.165) is 4.31 Å². The van der Waals surface area contributed by atoms with E-state index in [-0.39, 0.29) is 35.7 Å². The van der Waals surface area contributed by atoms with Crippen molar-refractivity contribution in [1.82, 2.24) is 4.31 Å². The highest BCUT2D eigenvalue weighted by molar-refractivity contribution is 7.89. The lowest BCUT2D eigenvalue weighted by Gasteiger charge is -2.20. The number of anilines is 1. The summed E-state index contributed by atoms with van der Waals surface area (Å²) in [4.78, 5) is 10.9. The number of rotatable bonds is 6. The van der Waals surface area contributed by atoms with E-state index in [1.165, 1.54) is 18.2 Å². The fourth-order valence-electron chi connectivity index (χ4n) is 1.70. The Kier molecular flexibility index (Phi) is 5.07. The summed E-state index contributed by atoms with van der Waals surface area (Å²) in [5.41, 5.74) is 10.9. The Labute approximate surface area is 117 Å². The molecule has 0 radical (unpaired) electrons. The zero-order chi connectivity index (χ0) is 15.3. The first-order valence-electron chi connectivity index (χ1n) is 5.91. The molecule has 0 bridgehead atoms. The van der Waals surface area contributed by atoms with E-state index in [1.807, 2.05) is 6.07 Å². The average Bonchev–Trinajstić information content (AvgIpc) is 2.38. The Bertz CT molecular complexity index is 649. The number of nitriles is 1. The van der Waals surface area contributed by atoms with Crippen molar-refractivity contribution in [2.24, 2.45) is 5.73 Å². The molecule has 8 heteroatoms. The van der Waals surface area contributed by atoms with Crippen molar-refractivity contribution in [3.8, 4) is 6.07 Å². The number of carbonyl (C=O) groups is 1. The Morgan fingerprint density at radius 3 is 2.55 bits per heavy atom. The number of primary amides is 1. The minimum atomic E-state index is -3.79. The molecule has 0 unspecified atom stereocenters. The predicted molar refractivity (Wildman–Crippen MR) is 74.0 cm³/mol. The standard InChI is InChI=1S/C12H16N4O3S/c1-2-16(7-3-6-13)20(18,19)11-5-4-9(12(15)17)8-10(11)14/h4-5,8H,2-3,7,14H2,1H3,(H2,15,17). The number of hydrogen-bond acceptors (Lipinski definition) is 5. The molecule has 4 N–H and O–H groups in total. The van der Waals surface area contributed by atoms with Gasteiger partial charge in [-0.1, -0.05) is 6.92 Å². The summed E-state index contributed by atoms with van der Waals surface area (Å²) in [7, 11) is -3.79. The molecular weight excluding hydrogens is 280 g/mol. The van der Waals surface area contributed by atoms with Crippen LogP contribution in [0.5, 0.6) is 0 Å². The molecule has 0 saturated carbocycles. The van der Waals surface area contributed by atoms with Gasteiger partial charge in [-0.15, -0.1) is 0 Å². The van der Waals surface area contributed by atoms with E-state index in [4.69, 9.17) is 16.7 Å². The van der Waals surface area contributed by atoms with E-state index in [1.54, 1.807) is 6.92 Å². The van der Waals surface area contributed by atoms with Crippen molar-refractivity contribution >= 4 is 21.6 Å². The van der Waals surface area contributed by atoms with Gasteiger partial charge >= 0.3 is 0 Å². The Hall–Kier alpha value is -2.11. The predicted octanol–water partition coefficient (Wildman–Crippen LogP) is 0.292. The van der Waals surface area contributed by atoms with Gasteiger partial charge in [0.15, 0.2) is 0 Å². The molecule has 1 amide bonds. The molecule has 0 aromatic heterocycles. The zero-order valence-electron chi connectivity index (χ0n) is 11.0. The van der Waals surface area contributed by atoms with Crippen LogP contribution in [0, 0.1) is 11.3 Å². The second kappa shape index (κ2) is 6.36. The maximum atomic E-state index is 12.4. The summed E-state index contributed by atoms with van der Waals surface area (Å²) in [6, 6.07) is 5.68. The number of amides is 1. The van der Waals surface area contributed by atoms with E-state index in [2.05, 4.69) is 0 Å². The average molecular weight is 296 g/mol. The molecule has 0 aliphatic heterocycles. The van der Waals surface area contributed by atoms with Crippen LogP contribution in [0.3, 0.4) is 0 Å². The Balaban J connectivity index is 3.21. The fraction of sp³-hybridized carbons (Fsp3) is 0.333. The summed E-state index contributed by atoms with van der Waals surface area (Å²) in [6.45, 7) is 1.98. The molecule has 108 valence electrons. The molecule has 0 spiro atoms. The molecule has 0 heterocycles. The highest BCUT2D eigenvalue weighted by Gasteiger charge is 2.25. The number of sulfonamides is 1. The van der Waals surface area contributed by atoms with Crippen molar-refractivity contribution in [3.05, 3.63) is 23.8 Å². The van der Waals surface area contributed by atoms with E-state index in [9.17, 15) is 13.2 Å². The van der Waals surface area contributed by atoms with Gasteiger partial charge in [-0.25, -0.2) is 8.42 Å². The molecule has 0 fully saturated rings. The summed E-state index contributed by atoms with van der Waals surface area (Å²) in [5.74, 6) is -0.683. The minimum absolute atomic E-state index is 0.0447. The van der Waals surface area contributed by atoms with Crippen molar-refractivity contribution in [3.63, 3.8) is 0 Å². The van der Waals surface area contributed by atoms with Crippen LogP contribution in [-0.2, 0) is 10.0 Å². The number of benzene rings is 1. The lowest BCUT2D eigenvalue weighted by molar-refractivity contribution is 0.1000. The van der Waals surface area contributed by atoms with E-state index < -0.39 is 15.9 Å². The lowest BCUT2D eigenvalue weighted by Crippen LogP contribution is -2.32. The van der Waals surface area contributed by atoms with Crippen LogP contribution in [0.25, 0.3) is 0 Å². The molecular formula is C12H16N4O3S. The summed E-state index contributed by atoms with van der Waals surface area (Å²) >= 11 is 0. The summed E-state index contributed by atoms with van der Waals surface area (Å²) in [5, 5.41) is 8.55. The quantitative estimate of drug-likeness (QED) is 0.729. The Morgan fingerprint density at radius 1 is 1.45 bits per heavy atom. The minimum Gasteiger partial charge on any atom is -0.398 e. The van der Waals surface area contributed by atoms with Crippen molar-refractivity contribution in [1.29, 1.82) is 5.26 Å². The monoisotopic (exact) mass is 296 g/mol. The second-order valence-corrected chi connectivity index (χ2v) is 5.93. The van der Waals surface area contributed by atoms with Gasteiger partial charge in [-0.2, -0.15) is 9.57 Å². The van der Waals surface area contributed by atoms with E-state index >= 15 is 0 Å². The third-order valence-corrected chi connectivity index (χ3v) is 4.79. The van der Waals surface area contributed by atoms with E-state index in [0.29, 0.717) is 0 Å². The number of nitrogen functional groups attached to an aromatic ring is 1. The topological polar surface area (TPSA) is 130 Å². The number of nitrogens with zero attached hydrogens (tertiary/aromatic N) is 2. The molecule has 0 aliphatic carbocycles. The third kappa shape index (κ3) is 3.26. The van der Waals surface area contributed by atoms with Crippen molar-refractivity contribution in [2.45, 2.75) is 18.2 Å². The van der Waals surface area contributed by atoms with Crippen LogP contribution < -0.4 is 11.5 Å². The van der Waals surface area contributed by atoms with Gasteiger partial charge in [0.25, 0.3) is 0 Å². The van der Waals surface area contributed by atoms with Crippen LogP contribution >= 0.6 is 0 Å². The Morgan fingerprint density at radius 2 is 2.10 bits per heavy atom. The SMILES string of the molecule is CCN(CCC#N)S(=O)(=O)c1ccc(C(N)=O)cc1N. The fourth-order valence-corrected chi connectivity index (χ4v) is 3.25. The van der Waals surface area contributed by atoms with Gasteiger partial charge in [0.1, 0.15) is 4.90 Å². The van der Waals surface area contributed by atoms with Gasteiger partial charge in [-0.3, -0.25) is 4.79 Å². The molecule has 1 aromatic rings. The first-order chi connectivity index (χ1) is 9.34. The molecule has 0 atom stereocenters.